The number of non-ortho nitro benzene ring substituents is 1. The highest BCUT2D eigenvalue weighted by Crippen LogP contribution is 2.24. The van der Waals surface area contributed by atoms with E-state index in [4.69, 9.17) is 0 Å². The van der Waals surface area contributed by atoms with Crippen molar-refractivity contribution in [3.8, 4) is 0 Å². The van der Waals surface area contributed by atoms with Crippen LogP contribution in [-0.2, 0) is 4.79 Å². The summed E-state index contributed by atoms with van der Waals surface area (Å²) in [6, 6.07) is 5.19. The second-order valence-electron chi connectivity index (χ2n) is 4.61. The molecule has 0 atom stereocenters. The summed E-state index contributed by atoms with van der Waals surface area (Å²) in [6.07, 6.45) is 1.18. The zero-order valence-electron chi connectivity index (χ0n) is 10.7. The highest BCUT2D eigenvalue weighted by atomic mass is 16.6. The maximum atomic E-state index is 12.0. The van der Waals surface area contributed by atoms with E-state index < -0.39 is 4.92 Å². The quantitative estimate of drug-likeness (QED) is 0.517. The van der Waals surface area contributed by atoms with E-state index in [0.717, 1.165) is 0 Å². The van der Waals surface area contributed by atoms with Gasteiger partial charge in [-0.1, -0.05) is 0 Å². The molecule has 1 aromatic carbocycles. The van der Waals surface area contributed by atoms with Crippen molar-refractivity contribution in [1.29, 1.82) is 0 Å². The first kappa shape index (κ1) is 13.9. The molecular weight excluding hydrogens is 262 g/mol. The largest absolute Gasteiger partial charge is 0.512 e. The number of nitro groups is 1. The van der Waals surface area contributed by atoms with Crippen LogP contribution in [0.2, 0.25) is 0 Å². The molecule has 6 heteroatoms. The fraction of sp³-hybridized carbons (Fsp3) is 0.286. The number of nitrogens with zero attached hydrogens (tertiary/aromatic N) is 1. The molecule has 0 bridgehead atoms. The van der Waals surface area contributed by atoms with Gasteiger partial charge in [-0.2, -0.15) is 0 Å². The number of nitro benzene ring substituents is 1. The fourth-order valence-electron chi connectivity index (χ4n) is 2.11. The van der Waals surface area contributed by atoms with Crippen LogP contribution in [0.3, 0.4) is 0 Å². The Morgan fingerprint density at radius 2 is 1.90 bits per heavy atom. The standard InChI is InChI=1S/C14H13NO5/c16-12-2-1-3-13(17)11(12)8-14(18)9-4-6-10(7-5-9)15(19)20/h4-7,16H,1-3,8H2. The first-order chi connectivity index (χ1) is 9.49. The molecule has 104 valence electrons. The molecule has 2 rings (SSSR count). The molecule has 0 fully saturated rings. The first-order valence-electron chi connectivity index (χ1n) is 6.21. The van der Waals surface area contributed by atoms with E-state index in [1.807, 2.05) is 0 Å². The second-order valence-corrected chi connectivity index (χ2v) is 4.61. The van der Waals surface area contributed by atoms with Crippen molar-refractivity contribution in [2.45, 2.75) is 25.7 Å². The molecule has 6 nitrogen and oxygen atoms in total. The summed E-state index contributed by atoms with van der Waals surface area (Å²) in [5.41, 5.74) is 0.353. The highest BCUT2D eigenvalue weighted by molar-refractivity contribution is 6.06. The fourth-order valence-corrected chi connectivity index (χ4v) is 2.11. The Morgan fingerprint density at radius 1 is 1.25 bits per heavy atom. The number of hydrogen-bond donors (Lipinski definition) is 1. The van der Waals surface area contributed by atoms with Gasteiger partial charge in [-0.05, 0) is 18.6 Å². The lowest BCUT2D eigenvalue weighted by molar-refractivity contribution is -0.384. The molecule has 0 spiro atoms. The molecule has 1 aliphatic rings. The zero-order chi connectivity index (χ0) is 14.7. The summed E-state index contributed by atoms with van der Waals surface area (Å²) in [4.78, 5) is 33.6. The first-order valence-corrected chi connectivity index (χ1v) is 6.21. The minimum atomic E-state index is -0.548. The number of benzene rings is 1. The Bertz CT molecular complexity index is 600. The second kappa shape index (κ2) is 5.64. The summed E-state index contributed by atoms with van der Waals surface area (Å²) < 4.78 is 0. The lowest BCUT2D eigenvalue weighted by atomic mass is 9.91. The number of carbonyl (C=O) groups excluding carboxylic acids is 2. The summed E-state index contributed by atoms with van der Waals surface area (Å²) >= 11 is 0. The van der Waals surface area contributed by atoms with Crippen molar-refractivity contribution < 1.29 is 19.6 Å². The predicted octanol–water partition coefficient (Wildman–Crippen LogP) is 2.73. The minimum Gasteiger partial charge on any atom is -0.512 e. The van der Waals surface area contributed by atoms with Gasteiger partial charge in [-0.25, -0.2) is 0 Å². The lowest BCUT2D eigenvalue weighted by Gasteiger charge is -2.14. The molecule has 0 unspecified atom stereocenters. The molecule has 0 aliphatic heterocycles. The summed E-state index contributed by atoms with van der Waals surface area (Å²) in [7, 11) is 0. The average Bonchev–Trinajstić information content (AvgIpc) is 2.43. The summed E-state index contributed by atoms with van der Waals surface area (Å²) in [5, 5.41) is 20.2. The molecule has 0 saturated carbocycles. The maximum Gasteiger partial charge on any atom is 0.269 e. The summed E-state index contributed by atoms with van der Waals surface area (Å²) in [6.45, 7) is 0. The maximum absolute atomic E-state index is 12.0. The number of carbonyl (C=O) groups is 2. The monoisotopic (exact) mass is 275 g/mol. The number of aliphatic hydroxyl groups excluding tert-OH is 1. The van der Waals surface area contributed by atoms with Crippen molar-refractivity contribution in [1.82, 2.24) is 0 Å². The van der Waals surface area contributed by atoms with Crippen molar-refractivity contribution in [2.75, 3.05) is 0 Å². The van der Waals surface area contributed by atoms with Gasteiger partial charge in [0.2, 0.25) is 0 Å². The van der Waals surface area contributed by atoms with Gasteiger partial charge >= 0.3 is 0 Å². The van der Waals surface area contributed by atoms with Crippen LogP contribution in [0.5, 0.6) is 0 Å². The predicted molar refractivity (Wildman–Crippen MR) is 70.6 cm³/mol. The van der Waals surface area contributed by atoms with Gasteiger partial charge in [0.25, 0.3) is 5.69 Å². The third-order valence-electron chi connectivity index (χ3n) is 3.24. The van der Waals surface area contributed by atoms with E-state index in [0.29, 0.717) is 19.3 Å². The number of allylic oxidation sites excluding steroid dienone is 2. The molecule has 0 aromatic heterocycles. The van der Waals surface area contributed by atoms with E-state index in [1.54, 1.807) is 0 Å². The molecule has 0 saturated heterocycles. The zero-order valence-corrected chi connectivity index (χ0v) is 10.7. The SMILES string of the molecule is O=C1CCCC(O)=C1CC(=O)c1ccc([N+](=O)[O-])cc1. The smallest absolute Gasteiger partial charge is 0.269 e. The molecule has 1 N–H and O–H groups in total. The Balaban J connectivity index is 2.16. The van der Waals surface area contributed by atoms with Gasteiger partial charge in [0.15, 0.2) is 11.6 Å². The number of Topliss-reactive ketones (excluding diaryl/α,β-unsaturated/α-hetero) is 2. The lowest BCUT2D eigenvalue weighted by Crippen LogP contribution is -2.15. The van der Waals surface area contributed by atoms with Crippen molar-refractivity contribution in [3.63, 3.8) is 0 Å². The average molecular weight is 275 g/mol. The normalized spacial score (nSPS) is 15.3. The Hall–Kier alpha value is -2.50. The van der Waals surface area contributed by atoms with Gasteiger partial charge in [0.05, 0.1) is 10.7 Å². The van der Waals surface area contributed by atoms with E-state index in [9.17, 15) is 24.8 Å². The van der Waals surface area contributed by atoms with Gasteiger partial charge < -0.3 is 5.11 Å². The molecule has 1 aromatic rings. The van der Waals surface area contributed by atoms with Crippen LogP contribution < -0.4 is 0 Å². The van der Waals surface area contributed by atoms with Crippen molar-refractivity contribution >= 4 is 17.3 Å². The van der Waals surface area contributed by atoms with Crippen LogP contribution in [0.1, 0.15) is 36.0 Å². The molecular formula is C14H13NO5. The van der Waals surface area contributed by atoms with Gasteiger partial charge in [0.1, 0.15) is 0 Å². The van der Waals surface area contributed by atoms with Gasteiger partial charge in [-0.15, -0.1) is 0 Å². The Kier molecular flexibility index (Phi) is 3.93. The Morgan fingerprint density at radius 3 is 2.45 bits per heavy atom. The molecule has 0 amide bonds. The van der Waals surface area contributed by atoms with Gasteiger partial charge in [-0.3, -0.25) is 19.7 Å². The van der Waals surface area contributed by atoms with E-state index in [-0.39, 0.29) is 40.6 Å². The van der Waals surface area contributed by atoms with Crippen molar-refractivity contribution in [3.05, 3.63) is 51.3 Å². The van der Waals surface area contributed by atoms with E-state index in [1.165, 1.54) is 24.3 Å². The van der Waals surface area contributed by atoms with Crippen LogP contribution in [-0.4, -0.2) is 21.6 Å². The van der Waals surface area contributed by atoms with Crippen LogP contribution in [0.25, 0.3) is 0 Å². The van der Waals surface area contributed by atoms with Crippen LogP contribution in [0, 0.1) is 10.1 Å². The molecule has 0 radical (unpaired) electrons. The number of hydrogen-bond acceptors (Lipinski definition) is 5. The number of aliphatic hydroxyl groups is 1. The third-order valence-corrected chi connectivity index (χ3v) is 3.24. The topological polar surface area (TPSA) is 97.5 Å². The molecule has 20 heavy (non-hydrogen) atoms. The number of rotatable bonds is 4. The van der Waals surface area contributed by atoms with Crippen LogP contribution in [0.15, 0.2) is 35.6 Å². The van der Waals surface area contributed by atoms with E-state index in [2.05, 4.69) is 0 Å². The number of ketones is 2. The summed E-state index contributed by atoms with van der Waals surface area (Å²) in [5.74, 6) is -0.558. The van der Waals surface area contributed by atoms with E-state index >= 15 is 0 Å². The van der Waals surface area contributed by atoms with Crippen LogP contribution >= 0.6 is 0 Å². The van der Waals surface area contributed by atoms with Gasteiger partial charge in [0, 0.05) is 42.5 Å². The van der Waals surface area contributed by atoms with Crippen molar-refractivity contribution in [2.24, 2.45) is 0 Å². The molecule has 0 heterocycles. The minimum absolute atomic E-state index is 0.0171. The van der Waals surface area contributed by atoms with Crippen LogP contribution in [0.4, 0.5) is 5.69 Å². The molecule has 1 aliphatic carbocycles. The Labute approximate surface area is 114 Å². The third kappa shape index (κ3) is 2.90. The highest BCUT2D eigenvalue weighted by Gasteiger charge is 2.23.